The van der Waals surface area contributed by atoms with Crippen LogP contribution in [-0.4, -0.2) is 23.3 Å². The van der Waals surface area contributed by atoms with Crippen molar-refractivity contribution in [1.82, 2.24) is 15.5 Å². The van der Waals surface area contributed by atoms with Crippen LogP contribution in [0.3, 0.4) is 0 Å². The molecule has 2 atom stereocenters. The Hall–Kier alpha value is -0.940. The summed E-state index contributed by atoms with van der Waals surface area (Å²) in [7, 11) is 0. The Morgan fingerprint density at radius 1 is 1.43 bits per heavy atom. The zero-order valence-corrected chi connectivity index (χ0v) is 14.0. The zero-order chi connectivity index (χ0) is 15.5. The number of hydrogen-bond donors (Lipinski definition) is 1. The quantitative estimate of drug-likeness (QED) is 0.872. The van der Waals surface area contributed by atoms with Gasteiger partial charge in [-0.25, -0.2) is 0 Å². The van der Waals surface area contributed by atoms with E-state index in [1.807, 2.05) is 6.92 Å². The van der Waals surface area contributed by atoms with Gasteiger partial charge in [-0.2, -0.15) is 4.98 Å². The summed E-state index contributed by atoms with van der Waals surface area (Å²) in [6.07, 6.45) is 4.36. The van der Waals surface area contributed by atoms with Crippen molar-refractivity contribution in [3.05, 3.63) is 11.7 Å². The maximum absolute atomic E-state index is 6.11. The second-order valence-corrected chi connectivity index (χ2v) is 6.71. The molecule has 5 heteroatoms. The predicted molar refractivity (Wildman–Crippen MR) is 81.9 cm³/mol. The van der Waals surface area contributed by atoms with Crippen molar-refractivity contribution in [2.75, 3.05) is 13.2 Å². The topological polar surface area (TPSA) is 60.2 Å². The van der Waals surface area contributed by atoms with E-state index in [9.17, 15) is 0 Å². The van der Waals surface area contributed by atoms with Gasteiger partial charge in [0, 0.05) is 6.61 Å². The number of hydrogen-bond acceptors (Lipinski definition) is 5. The van der Waals surface area contributed by atoms with E-state index < -0.39 is 0 Å². The monoisotopic (exact) mass is 295 g/mol. The van der Waals surface area contributed by atoms with E-state index in [1.54, 1.807) is 0 Å². The highest BCUT2D eigenvalue weighted by Crippen LogP contribution is 2.42. The molecule has 2 rings (SSSR count). The van der Waals surface area contributed by atoms with Gasteiger partial charge in [0.1, 0.15) is 5.60 Å². The fraction of sp³-hybridized carbons (Fsp3) is 0.875. The average Bonchev–Trinajstić information content (AvgIpc) is 2.90. The van der Waals surface area contributed by atoms with E-state index in [2.05, 4.69) is 43.2 Å². The molecule has 21 heavy (non-hydrogen) atoms. The van der Waals surface area contributed by atoms with Gasteiger partial charge in [-0.05, 0) is 52.5 Å². The van der Waals surface area contributed by atoms with Gasteiger partial charge in [0.05, 0.1) is 5.54 Å². The molecule has 0 saturated heterocycles. The average molecular weight is 295 g/mol. The minimum Gasteiger partial charge on any atom is -0.367 e. The second kappa shape index (κ2) is 6.44. The van der Waals surface area contributed by atoms with Crippen LogP contribution in [0.5, 0.6) is 0 Å². The standard InChI is InChI=1S/C16H29N3O2/c1-6-17-15(4,5)14-18-13(19-21-14)16(20-7-2)10-8-9-12(3)11-16/h12,17H,6-11H2,1-5H3. The van der Waals surface area contributed by atoms with Crippen LogP contribution in [0.1, 0.15) is 72.0 Å². The molecule has 1 aliphatic rings. The van der Waals surface area contributed by atoms with Crippen LogP contribution in [0, 0.1) is 5.92 Å². The molecule has 120 valence electrons. The maximum Gasteiger partial charge on any atom is 0.246 e. The minimum atomic E-state index is -0.365. The molecule has 1 saturated carbocycles. The van der Waals surface area contributed by atoms with Crippen LogP contribution in [0.15, 0.2) is 4.52 Å². The lowest BCUT2D eigenvalue weighted by Gasteiger charge is -2.37. The molecule has 1 N–H and O–H groups in total. The normalized spacial score (nSPS) is 27.0. The number of ether oxygens (including phenoxy) is 1. The van der Waals surface area contributed by atoms with Gasteiger partial charge < -0.3 is 14.6 Å². The largest absolute Gasteiger partial charge is 0.367 e. The second-order valence-electron chi connectivity index (χ2n) is 6.71. The highest BCUT2D eigenvalue weighted by molar-refractivity contribution is 5.07. The summed E-state index contributed by atoms with van der Waals surface area (Å²) in [5.74, 6) is 1.99. The van der Waals surface area contributed by atoms with Gasteiger partial charge in [0.2, 0.25) is 11.7 Å². The third-order valence-corrected chi connectivity index (χ3v) is 4.36. The van der Waals surface area contributed by atoms with E-state index in [0.29, 0.717) is 18.4 Å². The van der Waals surface area contributed by atoms with E-state index >= 15 is 0 Å². The summed E-state index contributed by atoms with van der Waals surface area (Å²) in [6.45, 7) is 12.0. The van der Waals surface area contributed by atoms with Gasteiger partial charge in [0.15, 0.2) is 0 Å². The maximum atomic E-state index is 6.11. The Bertz CT molecular complexity index is 454. The Morgan fingerprint density at radius 3 is 2.81 bits per heavy atom. The summed E-state index contributed by atoms with van der Waals surface area (Å²) in [5.41, 5.74) is -0.676. The number of nitrogens with zero attached hydrogens (tertiary/aromatic N) is 2. The summed E-state index contributed by atoms with van der Waals surface area (Å²) in [5, 5.41) is 7.63. The first-order valence-corrected chi connectivity index (χ1v) is 8.17. The number of rotatable bonds is 6. The van der Waals surface area contributed by atoms with Gasteiger partial charge >= 0.3 is 0 Å². The fourth-order valence-electron chi connectivity index (χ4n) is 3.36. The first-order valence-electron chi connectivity index (χ1n) is 8.17. The molecule has 1 aromatic heterocycles. The molecular formula is C16H29N3O2. The molecular weight excluding hydrogens is 266 g/mol. The summed E-state index contributed by atoms with van der Waals surface area (Å²) in [4.78, 5) is 4.68. The van der Waals surface area contributed by atoms with Crippen LogP contribution in [0.25, 0.3) is 0 Å². The highest BCUT2D eigenvalue weighted by atomic mass is 16.5. The van der Waals surface area contributed by atoms with E-state index in [1.165, 1.54) is 6.42 Å². The van der Waals surface area contributed by atoms with E-state index in [4.69, 9.17) is 9.26 Å². The lowest BCUT2D eigenvalue weighted by Crippen LogP contribution is -2.38. The van der Waals surface area contributed by atoms with Crippen molar-refractivity contribution >= 4 is 0 Å². The molecule has 1 aliphatic carbocycles. The third kappa shape index (κ3) is 3.46. The molecule has 2 unspecified atom stereocenters. The smallest absolute Gasteiger partial charge is 0.246 e. The molecule has 0 aliphatic heterocycles. The van der Waals surface area contributed by atoms with E-state index in [0.717, 1.165) is 31.6 Å². The lowest BCUT2D eigenvalue weighted by atomic mass is 9.78. The Balaban J connectivity index is 2.28. The van der Waals surface area contributed by atoms with Crippen LogP contribution in [0.2, 0.25) is 0 Å². The van der Waals surface area contributed by atoms with Gasteiger partial charge in [-0.1, -0.05) is 25.4 Å². The molecule has 1 heterocycles. The molecule has 1 fully saturated rings. The van der Waals surface area contributed by atoms with Crippen molar-refractivity contribution < 1.29 is 9.26 Å². The molecule has 1 aromatic rings. The first kappa shape index (κ1) is 16.4. The zero-order valence-electron chi connectivity index (χ0n) is 14.0. The SMILES string of the molecule is CCNC(C)(C)c1nc(C2(OCC)CCCC(C)C2)no1. The fourth-order valence-corrected chi connectivity index (χ4v) is 3.36. The van der Waals surface area contributed by atoms with Crippen molar-refractivity contribution in [1.29, 1.82) is 0 Å². The Kier molecular flexibility index (Phi) is 5.04. The molecule has 0 amide bonds. The van der Waals surface area contributed by atoms with Gasteiger partial charge in [0.25, 0.3) is 0 Å². The van der Waals surface area contributed by atoms with Crippen LogP contribution in [0.4, 0.5) is 0 Å². The summed E-state index contributed by atoms with van der Waals surface area (Å²) < 4.78 is 11.6. The van der Waals surface area contributed by atoms with Crippen molar-refractivity contribution in [3.63, 3.8) is 0 Å². The van der Waals surface area contributed by atoms with Gasteiger partial charge in [-0.3, -0.25) is 0 Å². The highest BCUT2D eigenvalue weighted by Gasteiger charge is 2.42. The van der Waals surface area contributed by atoms with Crippen LogP contribution in [-0.2, 0) is 15.9 Å². The first-order chi connectivity index (χ1) is 9.93. The molecule has 0 spiro atoms. The van der Waals surface area contributed by atoms with Gasteiger partial charge in [-0.15, -0.1) is 0 Å². The molecule has 5 nitrogen and oxygen atoms in total. The van der Waals surface area contributed by atoms with E-state index in [-0.39, 0.29) is 11.1 Å². The minimum absolute atomic E-state index is 0.312. The van der Waals surface area contributed by atoms with Crippen molar-refractivity contribution in [3.8, 4) is 0 Å². The Morgan fingerprint density at radius 2 is 2.19 bits per heavy atom. The number of aromatic nitrogens is 2. The molecule has 0 radical (unpaired) electrons. The van der Waals surface area contributed by atoms with Crippen molar-refractivity contribution in [2.24, 2.45) is 5.92 Å². The summed E-state index contributed by atoms with van der Waals surface area (Å²) >= 11 is 0. The van der Waals surface area contributed by atoms with Crippen LogP contribution < -0.4 is 5.32 Å². The molecule has 0 aromatic carbocycles. The van der Waals surface area contributed by atoms with Crippen molar-refractivity contribution in [2.45, 2.75) is 71.4 Å². The number of nitrogens with one attached hydrogen (secondary N) is 1. The van der Waals surface area contributed by atoms with Crippen LogP contribution >= 0.6 is 0 Å². The molecule has 0 bridgehead atoms. The third-order valence-electron chi connectivity index (χ3n) is 4.36. The predicted octanol–water partition coefficient (Wildman–Crippen LogP) is 3.36. The lowest BCUT2D eigenvalue weighted by molar-refractivity contribution is -0.0891. The summed E-state index contributed by atoms with van der Waals surface area (Å²) in [6, 6.07) is 0. The Labute approximate surface area is 127 Å².